The lowest BCUT2D eigenvalue weighted by molar-refractivity contribution is 0.0548. The van der Waals surface area contributed by atoms with Gasteiger partial charge in [0.25, 0.3) is 0 Å². The molecule has 2 aromatic rings. The Morgan fingerprint density at radius 2 is 1.56 bits per heavy atom. The van der Waals surface area contributed by atoms with E-state index in [0.717, 1.165) is 82.5 Å². The minimum atomic E-state index is 0.651. The summed E-state index contributed by atoms with van der Waals surface area (Å²) in [4.78, 5) is 4.91. The molecule has 0 saturated carbocycles. The standard InChI is InChI=1S/C28H31Cl3N4O/c29-25-6-1-21(2-7-25)20-33-9-11-35(12-10-33)32-19-24-4-3-23(28(24)34-13-15-36-16-14-34)17-22-5-8-26(30)18-27(22)31/h1-2,5-8,17-19H,3-4,9-16,20H2/b23-17+,32-19+. The van der Waals surface area contributed by atoms with E-state index >= 15 is 0 Å². The van der Waals surface area contributed by atoms with Gasteiger partial charge in [-0.1, -0.05) is 53.0 Å². The lowest BCUT2D eigenvalue weighted by Crippen LogP contribution is -2.43. The van der Waals surface area contributed by atoms with Crippen molar-refractivity contribution in [1.82, 2.24) is 14.8 Å². The Kier molecular flexibility index (Phi) is 8.55. The first kappa shape index (κ1) is 25.6. The molecule has 8 heteroatoms. The topological polar surface area (TPSA) is 31.3 Å². The second kappa shape index (κ2) is 12.0. The molecule has 0 radical (unpaired) electrons. The average molecular weight is 546 g/mol. The van der Waals surface area contributed by atoms with E-state index in [4.69, 9.17) is 44.6 Å². The minimum absolute atomic E-state index is 0.651. The SMILES string of the molecule is Clc1ccc(CN2CCN(/N=C/C3=C(N4CCOCC4)C(=C/c4ccc(Cl)cc4Cl)/CC3)CC2)cc1. The Hall–Kier alpha value is -2.02. The number of piperazine rings is 1. The molecule has 0 bridgehead atoms. The maximum absolute atomic E-state index is 6.49. The molecule has 0 amide bonds. The highest BCUT2D eigenvalue weighted by Crippen LogP contribution is 2.36. The molecule has 2 heterocycles. The third-order valence-electron chi connectivity index (χ3n) is 6.94. The number of nitrogens with zero attached hydrogens (tertiary/aromatic N) is 4. The van der Waals surface area contributed by atoms with Crippen LogP contribution >= 0.6 is 34.8 Å². The van der Waals surface area contributed by atoms with Crippen molar-refractivity contribution in [1.29, 1.82) is 0 Å². The summed E-state index contributed by atoms with van der Waals surface area (Å²) in [6.07, 6.45) is 6.25. The van der Waals surface area contributed by atoms with Crippen molar-refractivity contribution in [3.63, 3.8) is 0 Å². The fourth-order valence-electron chi connectivity index (χ4n) is 4.99. The summed E-state index contributed by atoms with van der Waals surface area (Å²) < 4.78 is 5.62. The molecule has 0 spiro atoms. The number of hydrazone groups is 1. The zero-order valence-corrected chi connectivity index (χ0v) is 22.6. The van der Waals surface area contributed by atoms with Crippen molar-refractivity contribution in [2.75, 3.05) is 52.5 Å². The van der Waals surface area contributed by atoms with Crippen molar-refractivity contribution in [2.45, 2.75) is 19.4 Å². The van der Waals surface area contributed by atoms with E-state index in [1.54, 1.807) is 6.07 Å². The van der Waals surface area contributed by atoms with Gasteiger partial charge in [0, 0.05) is 66.6 Å². The molecule has 3 aliphatic rings. The Bertz CT molecular complexity index is 1150. The molecule has 2 aromatic carbocycles. The van der Waals surface area contributed by atoms with Crippen LogP contribution < -0.4 is 0 Å². The molecule has 0 unspecified atom stereocenters. The molecule has 36 heavy (non-hydrogen) atoms. The normalized spacial score (nSPS) is 20.8. The van der Waals surface area contributed by atoms with Crippen LogP contribution in [0.3, 0.4) is 0 Å². The van der Waals surface area contributed by atoms with Gasteiger partial charge in [0.2, 0.25) is 0 Å². The van der Waals surface area contributed by atoms with Crippen LogP contribution in [0, 0.1) is 0 Å². The predicted molar refractivity (Wildman–Crippen MR) is 150 cm³/mol. The second-order valence-corrected chi connectivity index (χ2v) is 10.7. The first-order chi connectivity index (χ1) is 17.5. The monoisotopic (exact) mass is 544 g/mol. The number of rotatable bonds is 6. The van der Waals surface area contributed by atoms with E-state index in [9.17, 15) is 0 Å². The minimum Gasteiger partial charge on any atom is -0.378 e. The van der Waals surface area contributed by atoms with Crippen molar-refractivity contribution >= 4 is 47.1 Å². The molecule has 0 N–H and O–H groups in total. The summed E-state index contributed by atoms with van der Waals surface area (Å²) in [6, 6.07) is 13.8. The molecular formula is C28H31Cl3N4O. The van der Waals surface area contributed by atoms with Gasteiger partial charge in [-0.3, -0.25) is 9.91 Å². The predicted octanol–water partition coefficient (Wildman–Crippen LogP) is 6.21. The number of halogens is 3. The first-order valence-corrected chi connectivity index (χ1v) is 13.7. The van der Waals surface area contributed by atoms with Crippen LogP contribution in [0.5, 0.6) is 0 Å². The number of allylic oxidation sites excluding steroid dienone is 2. The zero-order valence-electron chi connectivity index (χ0n) is 20.3. The summed E-state index contributed by atoms with van der Waals surface area (Å²) in [5.41, 5.74) is 6.17. The molecule has 0 atom stereocenters. The van der Waals surface area contributed by atoms with E-state index in [0.29, 0.717) is 10.0 Å². The van der Waals surface area contributed by atoms with Crippen molar-refractivity contribution < 1.29 is 4.74 Å². The van der Waals surface area contributed by atoms with Gasteiger partial charge >= 0.3 is 0 Å². The number of ether oxygens (including phenoxy) is 1. The Morgan fingerprint density at radius 3 is 2.28 bits per heavy atom. The number of benzene rings is 2. The smallest absolute Gasteiger partial charge is 0.0642 e. The Labute approximate surface area is 228 Å². The summed E-state index contributed by atoms with van der Waals surface area (Å²) in [6.45, 7) is 8.06. The van der Waals surface area contributed by atoms with Gasteiger partial charge in [-0.25, -0.2) is 0 Å². The molecule has 2 saturated heterocycles. The lowest BCUT2D eigenvalue weighted by Gasteiger charge is -2.33. The lowest BCUT2D eigenvalue weighted by atomic mass is 10.1. The molecule has 2 fully saturated rings. The number of hydrogen-bond acceptors (Lipinski definition) is 5. The van der Waals surface area contributed by atoms with Crippen LogP contribution in [0.2, 0.25) is 15.1 Å². The molecule has 5 rings (SSSR count). The zero-order chi connectivity index (χ0) is 24.9. The van der Waals surface area contributed by atoms with Gasteiger partial charge < -0.3 is 9.64 Å². The van der Waals surface area contributed by atoms with Gasteiger partial charge in [-0.2, -0.15) is 5.10 Å². The van der Waals surface area contributed by atoms with Gasteiger partial charge in [-0.15, -0.1) is 0 Å². The van der Waals surface area contributed by atoms with Crippen LogP contribution in [0.25, 0.3) is 6.08 Å². The third-order valence-corrected chi connectivity index (χ3v) is 7.75. The second-order valence-electron chi connectivity index (χ2n) is 9.41. The summed E-state index contributed by atoms with van der Waals surface area (Å²) >= 11 is 18.6. The maximum Gasteiger partial charge on any atom is 0.0642 e. The van der Waals surface area contributed by atoms with Crippen LogP contribution in [0.4, 0.5) is 0 Å². The van der Waals surface area contributed by atoms with Gasteiger partial charge in [0.05, 0.1) is 19.4 Å². The highest BCUT2D eigenvalue weighted by Gasteiger charge is 2.26. The fraction of sp³-hybridized carbons (Fsp3) is 0.393. The van der Waals surface area contributed by atoms with E-state index in [2.05, 4.69) is 39.2 Å². The molecule has 5 nitrogen and oxygen atoms in total. The van der Waals surface area contributed by atoms with Crippen LogP contribution in [-0.2, 0) is 11.3 Å². The summed E-state index contributed by atoms with van der Waals surface area (Å²) in [5.74, 6) is 0. The fourth-order valence-corrected chi connectivity index (χ4v) is 5.58. The molecule has 190 valence electrons. The summed E-state index contributed by atoms with van der Waals surface area (Å²) in [5, 5.41) is 9.22. The molecule has 1 aliphatic carbocycles. The van der Waals surface area contributed by atoms with Gasteiger partial charge in [0.15, 0.2) is 0 Å². The largest absolute Gasteiger partial charge is 0.378 e. The molecular weight excluding hydrogens is 515 g/mol. The Morgan fingerprint density at radius 1 is 0.833 bits per heavy atom. The van der Waals surface area contributed by atoms with Crippen LogP contribution in [0.1, 0.15) is 24.0 Å². The van der Waals surface area contributed by atoms with E-state index in [1.165, 1.54) is 22.4 Å². The molecule has 0 aromatic heterocycles. The highest BCUT2D eigenvalue weighted by atomic mass is 35.5. The van der Waals surface area contributed by atoms with Gasteiger partial charge in [-0.05, 0) is 65.5 Å². The van der Waals surface area contributed by atoms with E-state index in [1.807, 2.05) is 24.3 Å². The van der Waals surface area contributed by atoms with Crippen LogP contribution in [-0.4, -0.2) is 73.5 Å². The highest BCUT2D eigenvalue weighted by molar-refractivity contribution is 6.35. The summed E-state index contributed by atoms with van der Waals surface area (Å²) in [7, 11) is 0. The van der Waals surface area contributed by atoms with E-state index < -0.39 is 0 Å². The van der Waals surface area contributed by atoms with Crippen molar-refractivity contribution in [2.24, 2.45) is 5.10 Å². The Balaban J connectivity index is 1.28. The quantitative estimate of drug-likeness (QED) is 0.404. The van der Waals surface area contributed by atoms with Crippen molar-refractivity contribution in [3.05, 3.63) is 85.5 Å². The van der Waals surface area contributed by atoms with Gasteiger partial charge in [0.1, 0.15) is 0 Å². The van der Waals surface area contributed by atoms with Crippen molar-refractivity contribution in [3.8, 4) is 0 Å². The number of morpholine rings is 1. The maximum atomic E-state index is 6.49. The third kappa shape index (κ3) is 6.45. The van der Waals surface area contributed by atoms with E-state index in [-0.39, 0.29) is 0 Å². The molecule has 2 aliphatic heterocycles. The average Bonchev–Trinajstić information content (AvgIpc) is 3.29. The first-order valence-electron chi connectivity index (χ1n) is 12.5. The number of hydrogen-bond donors (Lipinski definition) is 0. The van der Waals surface area contributed by atoms with Crippen LogP contribution in [0.15, 0.2) is 64.4 Å².